The molecule has 0 radical (unpaired) electrons. The lowest BCUT2D eigenvalue weighted by molar-refractivity contribution is 0.128. The van der Waals surface area contributed by atoms with Gasteiger partial charge in [0.15, 0.2) is 0 Å². The summed E-state index contributed by atoms with van der Waals surface area (Å²) >= 11 is 0. The van der Waals surface area contributed by atoms with Gasteiger partial charge in [0, 0.05) is 0 Å². The molecule has 0 N–H and O–H groups in total. The van der Waals surface area contributed by atoms with Gasteiger partial charge in [0.05, 0.1) is 0 Å². The van der Waals surface area contributed by atoms with Gasteiger partial charge in [-0.1, -0.05) is 45.4 Å². The van der Waals surface area contributed by atoms with Gasteiger partial charge in [0.1, 0.15) is 0 Å². The van der Waals surface area contributed by atoms with E-state index in [1.165, 1.54) is 25.7 Å². The maximum Gasteiger partial charge on any atom is -0.0383 e. The van der Waals surface area contributed by atoms with E-state index in [9.17, 15) is 0 Å². The van der Waals surface area contributed by atoms with Gasteiger partial charge in [-0.3, -0.25) is 0 Å². The largest absolute Gasteiger partial charge is 0.0651 e. The van der Waals surface area contributed by atoms with Crippen molar-refractivity contribution in [2.75, 3.05) is 0 Å². The first kappa shape index (κ1) is 8.59. The summed E-state index contributed by atoms with van der Waals surface area (Å²) in [7, 11) is 0. The van der Waals surface area contributed by atoms with Crippen molar-refractivity contribution in [3.05, 3.63) is 0 Å². The number of hydrogen-bond donors (Lipinski definition) is 0. The third-order valence-electron chi connectivity index (χ3n) is 4.23. The minimum atomic E-state index is 1.09. The number of rotatable bonds is 1. The molecule has 2 fully saturated rings. The minimum Gasteiger partial charge on any atom is -0.0651 e. The fourth-order valence-corrected chi connectivity index (χ4v) is 3.34. The molecule has 0 heteroatoms. The predicted octanol–water partition coefficient (Wildman–Crippen LogP) is 4.00. The molecule has 0 bridgehead atoms. The van der Waals surface area contributed by atoms with Gasteiger partial charge >= 0.3 is 0 Å². The first-order valence-electron chi connectivity index (χ1n) is 5.90. The Balaban J connectivity index is 1.90. The zero-order valence-electron chi connectivity index (χ0n) is 8.39. The van der Waals surface area contributed by atoms with E-state index in [1.807, 2.05) is 0 Å². The van der Waals surface area contributed by atoms with Crippen LogP contribution in [-0.2, 0) is 0 Å². The predicted molar refractivity (Wildman–Crippen MR) is 53.1 cm³/mol. The van der Waals surface area contributed by atoms with Gasteiger partial charge < -0.3 is 0 Å². The molecule has 1 unspecified atom stereocenters. The third kappa shape index (κ3) is 1.67. The molecule has 0 nitrogen and oxygen atoms in total. The van der Waals surface area contributed by atoms with Gasteiger partial charge in [0.2, 0.25) is 0 Å². The SMILES string of the molecule is CC[C@@H]1CC[C@H]2CCCCC2C1. The molecule has 0 spiro atoms. The third-order valence-corrected chi connectivity index (χ3v) is 4.23. The molecule has 2 rings (SSSR count). The summed E-state index contributed by atoms with van der Waals surface area (Å²) < 4.78 is 0. The van der Waals surface area contributed by atoms with Crippen molar-refractivity contribution in [3.63, 3.8) is 0 Å². The summed E-state index contributed by atoms with van der Waals surface area (Å²) in [5, 5.41) is 0. The average molecular weight is 166 g/mol. The van der Waals surface area contributed by atoms with E-state index in [1.54, 1.807) is 25.7 Å². The molecule has 0 amide bonds. The molecule has 2 aliphatic carbocycles. The summed E-state index contributed by atoms with van der Waals surface area (Å²) in [5.41, 5.74) is 0. The first-order valence-corrected chi connectivity index (χ1v) is 5.90. The summed E-state index contributed by atoms with van der Waals surface area (Å²) in [6, 6.07) is 0. The van der Waals surface area contributed by atoms with Crippen molar-refractivity contribution >= 4 is 0 Å². The molecule has 70 valence electrons. The Hall–Kier alpha value is 0. The van der Waals surface area contributed by atoms with E-state index < -0.39 is 0 Å². The highest BCUT2D eigenvalue weighted by atomic mass is 14.4. The quantitative estimate of drug-likeness (QED) is 0.552. The van der Waals surface area contributed by atoms with Crippen LogP contribution in [0.4, 0.5) is 0 Å². The Morgan fingerprint density at radius 1 is 0.917 bits per heavy atom. The normalized spacial score (nSPS) is 42.2. The maximum absolute atomic E-state index is 2.37. The fraction of sp³-hybridized carbons (Fsp3) is 1.00. The number of hydrogen-bond acceptors (Lipinski definition) is 0. The van der Waals surface area contributed by atoms with Crippen LogP contribution in [0.25, 0.3) is 0 Å². The topological polar surface area (TPSA) is 0 Å². The van der Waals surface area contributed by atoms with Crippen molar-refractivity contribution in [1.82, 2.24) is 0 Å². The zero-order chi connectivity index (χ0) is 8.39. The molecule has 3 atom stereocenters. The second-order valence-electron chi connectivity index (χ2n) is 4.89. The Morgan fingerprint density at radius 3 is 2.42 bits per heavy atom. The van der Waals surface area contributed by atoms with E-state index in [4.69, 9.17) is 0 Å². The van der Waals surface area contributed by atoms with Gasteiger partial charge in [-0.25, -0.2) is 0 Å². The molecule has 2 aliphatic rings. The van der Waals surface area contributed by atoms with Crippen LogP contribution in [0.1, 0.15) is 58.3 Å². The standard InChI is InChI=1S/C12H22/c1-2-10-7-8-11-5-3-4-6-12(11)9-10/h10-12H,2-9H2,1H3/t10-,11-,12?/m1/s1. The zero-order valence-corrected chi connectivity index (χ0v) is 8.39. The summed E-state index contributed by atoms with van der Waals surface area (Å²) in [6.45, 7) is 2.37. The maximum atomic E-state index is 2.37. The van der Waals surface area contributed by atoms with Gasteiger partial charge in [0.25, 0.3) is 0 Å². The van der Waals surface area contributed by atoms with Crippen molar-refractivity contribution in [3.8, 4) is 0 Å². The molecule has 12 heavy (non-hydrogen) atoms. The van der Waals surface area contributed by atoms with Gasteiger partial charge in [-0.05, 0) is 30.6 Å². The smallest absolute Gasteiger partial charge is 0.0383 e. The monoisotopic (exact) mass is 166 g/mol. The highest BCUT2D eigenvalue weighted by Gasteiger charge is 2.30. The van der Waals surface area contributed by atoms with Crippen LogP contribution < -0.4 is 0 Å². The number of fused-ring (bicyclic) bond motifs is 1. The first-order chi connectivity index (χ1) is 5.90. The lowest BCUT2D eigenvalue weighted by atomic mass is 9.67. The molecule has 0 aromatic carbocycles. The Labute approximate surface area is 76.7 Å². The molecular weight excluding hydrogens is 144 g/mol. The molecule has 0 aliphatic heterocycles. The van der Waals surface area contributed by atoms with Crippen LogP contribution in [-0.4, -0.2) is 0 Å². The van der Waals surface area contributed by atoms with Crippen molar-refractivity contribution in [2.45, 2.75) is 58.3 Å². The van der Waals surface area contributed by atoms with E-state index in [-0.39, 0.29) is 0 Å². The Morgan fingerprint density at radius 2 is 1.67 bits per heavy atom. The van der Waals surface area contributed by atoms with Crippen molar-refractivity contribution < 1.29 is 0 Å². The van der Waals surface area contributed by atoms with Crippen LogP contribution in [0.5, 0.6) is 0 Å². The van der Waals surface area contributed by atoms with Crippen LogP contribution in [0, 0.1) is 17.8 Å². The van der Waals surface area contributed by atoms with Crippen LogP contribution >= 0.6 is 0 Å². The molecule has 0 aromatic heterocycles. The van der Waals surface area contributed by atoms with Crippen LogP contribution in [0.15, 0.2) is 0 Å². The minimum absolute atomic E-state index is 1.09. The molecule has 2 saturated carbocycles. The van der Waals surface area contributed by atoms with E-state index >= 15 is 0 Å². The molecule has 0 heterocycles. The fourth-order valence-electron chi connectivity index (χ4n) is 3.34. The lowest BCUT2D eigenvalue weighted by Crippen LogP contribution is -2.27. The van der Waals surface area contributed by atoms with Crippen LogP contribution in [0.2, 0.25) is 0 Å². The highest BCUT2D eigenvalue weighted by Crippen LogP contribution is 2.43. The van der Waals surface area contributed by atoms with Crippen molar-refractivity contribution in [1.29, 1.82) is 0 Å². The summed E-state index contributed by atoms with van der Waals surface area (Å²) in [5.74, 6) is 3.36. The summed E-state index contributed by atoms with van der Waals surface area (Å²) in [4.78, 5) is 0. The van der Waals surface area contributed by atoms with E-state index in [0.717, 1.165) is 17.8 Å². The Kier molecular flexibility index (Phi) is 2.73. The second-order valence-corrected chi connectivity index (χ2v) is 4.89. The van der Waals surface area contributed by atoms with Crippen LogP contribution in [0.3, 0.4) is 0 Å². The van der Waals surface area contributed by atoms with Crippen molar-refractivity contribution in [2.24, 2.45) is 17.8 Å². The summed E-state index contributed by atoms with van der Waals surface area (Å²) in [6.07, 6.45) is 12.3. The van der Waals surface area contributed by atoms with Gasteiger partial charge in [-0.2, -0.15) is 0 Å². The lowest BCUT2D eigenvalue weighted by Gasteiger charge is -2.39. The molecule has 0 saturated heterocycles. The second kappa shape index (κ2) is 3.81. The van der Waals surface area contributed by atoms with E-state index in [0.29, 0.717) is 0 Å². The molecular formula is C12H22. The Bertz CT molecular complexity index is 139. The average Bonchev–Trinajstić information content (AvgIpc) is 2.17. The highest BCUT2D eigenvalue weighted by molar-refractivity contribution is 4.82. The van der Waals surface area contributed by atoms with Gasteiger partial charge in [-0.15, -0.1) is 0 Å². The van der Waals surface area contributed by atoms with E-state index in [2.05, 4.69) is 6.92 Å². The molecule has 0 aromatic rings.